The van der Waals surface area contributed by atoms with E-state index >= 15 is 0 Å². The number of primary amides is 1. The Morgan fingerprint density at radius 1 is 1.08 bits per heavy atom. The summed E-state index contributed by atoms with van der Waals surface area (Å²) in [5.41, 5.74) is 7.32. The van der Waals surface area contributed by atoms with Crippen LogP contribution in [0.1, 0.15) is 16.4 Å². The molecule has 0 spiro atoms. The zero-order valence-electron chi connectivity index (χ0n) is 13.4. The summed E-state index contributed by atoms with van der Waals surface area (Å²) in [5, 5.41) is -1.46. The number of rotatable bonds is 5. The number of benzene rings is 2. The van der Waals surface area contributed by atoms with E-state index in [9.17, 15) is 17.8 Å². The number of fused-ring (bicyclic) bond motifs is 1. The zero-order valence-corrected chi connectivity index (χ0v) is 14.2. The topological polar surface area (TPSA) is 101 Å². The van der Waals surface area contributed by atoms with Gasteiger partial charge in [-0.1, -0.05) is 48.5 Å². The molecule has 0 bridgehead atoms. The Balaban J connectivity index is 2.01. The maximum atomic E-state index is 11.8. The highest BCUT2D eigenvalue weighted by molar-refractivity contribution is 7.86. The molecule has 1 amide bonds. The minimum Gasteiger partial charge on any atom is -0.366 e. The minimum atomic E-state index is -4.52. The summed E-state index contributed by atoms with van der Waals surface area (Å²) in [7, 11) is -4.52. The predicted molar refractivity (Wildman–Crippen MR) is 95.5 cm³/mol. The van der Waals surface area contributed by atoms with Gasteiger partial charge in [0.25, 0.3) is 10.1 Å². The van der Waals surface area contributed by atoms with Crippen LogP contribution in [0.4, 0.5) is 5.69 Å². The fourth-order valence-electron chi connectivity index (χ4n) is 3.04. The van der Waals surface area contributed by atoms with Crippen LogP contribution in [0, 0.1) is 0 Å². The van der Waals surface area contributed by atoms with Crippen molar-refractivity contribution in [1.29, 1.82) is 0 Å². The van der Waals surface area contributed by atoms with Gasteiger partial charge < -0.3 is 10.6 Å². The van der Waals surface area contributed by atoms with Gasteiger partial charge in [0.1, 0.15) is 5.25 Å². The van der Waals surface area contributed by atoms with E-state index < -0.39 is 21.3 Å². The van der Waals surface area contributed by atoms with E-state index in [2.05, 4.69) is 0 Å². The maximum Gasteiger partial charge on any atom is 0.276 e. The fourth-order valence-corrected chi connectivity index (χ4v) is 4.05. The highest BCUT2D eigenvalue weighted by Gasteiger charge is 2.38. The van der Waals surface area contributed by atoms with Crippen LogP contribution in [-0.4, -0.2) is 25.4 Å². The number of nitrogens with two attached hydrogens (primary N) is 1. The molecule has 1 aliphatic rings. The first-order valence-electron chi connectivity index (χ1n) is 7.75. The first kappa shape index (κ1) is 17.2. The number of carbonyl (C=O) groups is 1. The summed E-state index contributed by atoms with van der Waals surface area (Å²) < 4.78 is 33.3. The van der Waals surface area contributed by atoms with E-state index in [0.29, 0.717) is 24.2 Å². The molecule has 130 valence electrons. The van der Waals surface area contributed by atoms with Crippen molar-refractivity contribution in [2.24, 2.45) is 5.73 Å². The molecule has 6 nitrogen and oxygen atoms in total. The molecule has 0 saturated heterocycles. The molecule has 0 aliphatic carbocycles. The molecule has 0 fully saturated rings. The summed E-state index contributed by atoms with van der Waals surface area (Å²) in [6.45, 7) is 0.538. The molecule has 25 heavy (non-hydrogen) atoms. The summed E-state index contributed by atoms with van der Waals surface area (Å²) >= 11 is 0. The second kappa shape index (κ2) is 6.70. The van der Waals surface area contributed by atoms with Crippen LogP contribution in [-0.2, 0) is 21.3 Å². The maximum absolute atomic E-state index is 11.8. The van der Waals surface area contributed by atoms with Crippen molar-refractivity contribution in [3.05, 3.63) is 77.5 Å². The van der Waals surface area contributed by atoms with Crippen LogP contribution in [0.5, 0.6) is 0 Å². The monoisotopic (exact) mass is 358 g/mol. The van der Waals surface area contributed by atoms with E-state index in [4.69, 9.17) is 5.73 Å². The van der Waals surface area contributed by atoms with Crippen molar-refractivity contribution in [3.63, 3.8) is 0 Å². The molecule has 3 rings (SSSR count). The largest absolute Gasteiger partial charge is 0.366 e. The molecule has 1 aliphatic heterocycles. The molecule has 0 unspecified atom stereocenters. The molecule has 2 aromatic rings. The third-order valence-corrected chi connectivity index (χ3v) is 5.28. The van der Waals surface area contributed by atoms with Crippen molar-refractivity contribution in [3.8, 4) is 0 Å². The molecule has 7 heteroatoms. The second-order valence-electron chi connectivity index (χ2n) is 5.83. The fraction of sp³-hybridized carbons (Fsp3) is 0.167. The molecule has 0 radical (unpaired) electrons. The van der Waals surface area contributed by atoms with Crippen LogP contribution in [0.15, 0.2) is 66.4 Å². The van der Waals surface area contributed by atoms with Crippen molar-refractivity contribution < 1.29 is 17.8 Å². The summed E-state index contributed by atoms with van der Waals surface area (Å²) in [4.78, 5) is 13.6. The van der Waals surface area contributed by atoms with Crippen LogP contribution < -0.4 is 10.6 Å². The van der Waals surface area contributed by atoms with Gasteiger partial charge in [-0.3, -0.25) is 9.35 Å². The van der Waals surface area contributed by atoms with Crippen molar-refractivity contribution in [2.45, 2.75) is 11.7 Å². The number of amides is 1. The minimum absolute atomic E-state index is 0.144. The lowest BCUT2D eigenvalue weighted by Gasteiger charge is -2.32. The average Bonchev–Trinajstić information content (AvgIpc) is 2.58. The van der Waals surface area contributed by atoms with Gasteiger partial charge in [0, 0.05) is 24.0 Å². The smallest absolute Gasteiger partial charge is 0.276 e. The highest BCUT2D eigenvalue weighted by atomic mass is 32.2. The lowest BCUT2D eigenvalue weighted by Crippen LogP contribution is -2.34. The summed E-state index contributed by atoms with van der Waals surface area (Å²) in [6.07, 6.45) is 2.13. The number of anilines is 1. The van der Waals surface area contributed by atoms with Crippen LogP contribution >= 0.6 is 0 Å². The van der Waals surface area contributed by atoms with Gasteiger partial charge in [-0.05, 0) is 18.1 Å². The van der Waals surface area contributed by atoms with Crippen molar-refractivity contribution in [2.75, 3.05) is 11.4 Å². The normalized spacial score (nSPS) is 16.9. The van der Waals surface area contributed by atoms with Crippen molar-refractivity contribution in [1.82, 2.24) is 0 Å². The molecule has 1 heterocycles. The van der Waals surface area contributed by atoms with Crippen molar-refractivity contribution >= 4 is 21.7 Å². The van der Waals surface area contributed by atoms with E-state index in [1.165, 1.54) is 6.20 Å². The molecule has 1 atom stereocenters. The number of nitrogens with zero attached hydrogens (tertiary/aromatic N) is 1. The van der Waals surface area contributed by atoms with Gasteiger partial charge in [0.15, 0.2) is 0 Å². The number of carbonyl (C=O) groups excluding carboxylic acids is 1. The Kier molecular flexibility index (Phi) is 4.61. The Labute approximate surface area is 146 Å². The Morgan fingerprint density at radius 2 is 1.72 bits per heavy atom. The quantitative estimate of drug-likeness (QED) is 0.797. The molecule has 2 aromatic carbocycles. The van der Waals surface area contributed by atoms with Gasteiger partial charge in [-0.25, -0.2) is 0 Å². The first-order valence-corrected chi connectivity index (χ1v) is 9.25. The zero-order chi connectivity index (χ0) is 18.0. The van der Waals surface area contributed by atoms with E-state index in [0.717, 1.165) is 5.56 Å². The van der Waals surface area contributed by atoms with Gasteiger partial charge in [0.05, 0.1) is 5.57 Å². The number of hydrogen-bond donors (Lipinski definition) is 2. The molecule has 3 N–H and O–H groups in total. The Morgan fingerprint density at radius 3 is 2.36 bits per heavy atom. The summed E-state index contributed by atoms with van der Waals surface area (Å²) in [5.74, 6) is -0.873. The van der Waals surface area contributed by atoms with Gasteiger partial charge >= 0.3 is 0 Å². The predicted octanol–water partition coefficient (Wildman–Crippen LogP) is 2.05. The van der Waals surface area contributed by atoms with E-state index in [1.54, 1.807) is 29.2 Å². The number of para-hydroxylation sites is 1. The number of hydrogen-bond acceptors (Lipinski definition) is 4. The lowest BCUT2D eigenvalue weighted by molar-refractivity contribution is -0.114. The van der Waals surface area contributed by atoms with Crippen LogP contribution in [0.3, 0.4) is 0 Å². The molecule has 0 aromatic heterocycles. The third-order valence-electron chi connectivity index (χ3n) is 4.17. The van der Waals surface area contributed by atoms with Crippen LogP contribution in [0.2, 0.25) is 0 Å². The van der Waals surface area contributed by atoms with E-state index in [1.807, 2.05) is 30.3 Å². The molecular weight excluding hydrogens is 340 g/mol. The second-order valence-corrected chi connectivity index (χ2v) is 7.33. The average molecular weight is 358 g/mol. The highest BCUT2D eigenvalue weighted by Crippen LogP contribution is 2.40. The first-order chi connectivity index (χ1) is 11.9. The Hall–Kier alpha value is -2.64. The van der Waals surface area contributed by atoms with Crippen LogP contribution in [0.25, 0.3) is 0 Å². The van der Waals surface area contributed by atoms with Gasteiger partial charge in [-0.15, -0.1) is 0 Å². The third kappa shape index (κ3) is 3.57. The SMILES string of the molecule is NC(=O)C1=CN(CCc2ccccc2)c2ccccc2[C@@H]1S(=O)(=O)O. The Bertz CT molecular complexity index is 923. The molecular formula is C18H18N2O4S. The summed E-state index contributed by atoms with van der Waals surface area (Å²) in [6, 6.07) is 16.6. The van der Waals surface area contributed by atoms with Gasteiger partial charge in [0.2, 0.25) is 5.91 Å². The van der Waals surface area contributed by atoms with Gasteiger partial charge in [-0.2, -0.15) is 8.42 Å². The lowest BCUT2D eigenvalue weighted by atomic mass is 9.98. The standard InChI is InChI=1S/C18H18N2O4S/c19-18(21)15-12-20(11-10-13-6-2-1-3-7-13)16-9-5-4-8-14(16)17(15)25(22,23)24/h1-9,12,17H,10-11H2,(H2,19,21)(H,22,23,24)/t17-/m0/s1. The molecule has 0 saturated carbocycles. The van der Waals surface area contributed by atoms with E-state index in [-0.39, 0.29) is 5.57 Å².